The lowest BCUT2D eigenvalue weighted by Crippen LogP contribution is -2.51. The maximum absolute atomic E-state index is 12.7. The van der Waals surface area contributed by atoms with Crippen LogP contribution >= 0.6 is 22.9 Å². The Morgan fingerprint density at radius 1 is 1.13 bits per heavy atom. The summed E-state index contributed by atoms with van der Waals surface area (Å²) >= 11 is 7.76. The second-order valence-corrected chi connectivity index (χ2v) is 14.4. The van der Waals surface area contributed by atoms with E-state index in [1.807, 2.05) is 70.2 Å². The van der Waals surface area contributed by atoms with Gasteiger partial charge in [0.1, 0.15) is 10.5 Å². The average molecular weight is 646 g/mol. The number of nitrogens with zero attached hydrogens (tertiary/aromatic N) is 4. The first-order chi connectivity index (χ1) is 21.6. The third-order valence-corrected chi connectivity index (χ3v) is 10.1. The van der Waals surface area contributed by atoms with Gasteiger partial charge in [-0.2, -0.15) is 5.10 Å². The number of rotatable bonds is 7. The van der Waals surface area contributed by atoms with Gasteiger partial charge in [0.05, 0.1) is 52.0 Å². The highest BCUT2D eigenvalue weighted by molar-refractivity contribution is 7.22. The molecule has 2 aliphatic rings. The van der Waals surface area contributed by atoms with E-state index < -0.39 is 17.7 Å². The van der Waals surface area contributed by atoms with Gasteiger partial charge in [-0.05, 0) is 95.1 Å². The number of carboxylic acid groups (broad SMARTS) is 1. The lowest BCUT2D eigenvalue weighted by atomic mass is 9.91. The molecule has 2 saturated heterocycles. The Morgan fingerprint density at radius 2 is 1.87 bits per heavy atom. The highest BCUT2D eigenvalue weighted by Gasteiger charge is 2.34. The summed E-state index contributed by atoms with van der Waals surface area (Å²) < 4.78 is 12.4. The number of hydrogen-bond acceptors (Lipinski definition) is 8. The van der Waals surface area contributed by atoms with Crippen molar-refractivity contribution in [3.8, 4) is 21.8 Å². The molecule has 3 aromatic heterocycles. The fourth-order valence-corrected chi connectivity index (χ4v) is 7.66. The van der Waals surface area contributed by atoms with Gasteiger partial charge in [0.25, 0.3) is 0 Å². The van der Waals surface area contributed by atoms with Gasteiger partial charge in [-0.15, -0.1) is 11.3 Å². The number of halogens is 1. The summed E-state index contributed by atoms with van der Waals surface area (Å²) in [4.78, 5) is 25.4. The van der Waals surface area contributed by atoms with Crippen molar-refractivity contribution < 1.29 is 19.4 Å². The Labute approximate surface area is 270 Å². The van der Waals surface area contributed by atoms with Crippen molar-refractivity contribution in [1.29, 1.82) is 0 Å². The zero-order valence-electron chi connectivity index (χ0n) is 25.8. The van der Waals surface area contributed by atoms with Crippen LogP contribution in [0.3, 0.4) is 0 Å². The number of thiazole rings is 1. The molecule has 5 heterocycles. The number of H-pyrrole nitrogens is 1. The lowest BCUT2D eigenvalue weighted by molar-refractivity contribution is -0.160. The molecule has 2 aliphatic heterocycles. The van der Waals surface area contributed by atoms with Crippen LogP contribution in [0.2, 0.25) is 5.02 Å². The summed E-state index contributed by atoms with van der Waals surface area (Å²) in [6.07, 6.45) is 0.909. The van der Waals surface area contributed by atoms with Crippen molar-refractivity contribution in [3.05, 3.63) is 64.3 Å². The molecule has 0 radical (unpaired) electrons. The Kier molecular flexibility index (Phi) is 7.90. The molecule has 1 unspecified atom stereocenters. The molecule has 45 heavy (non-hydrogen) atoms. The van der Waals surface area contributed by atoms with Crippen molar-refractivity contribution in [2.45, 2.75) is 64.2 Å². The molecule has 0 saturated carbocycles. The number of pyridine rings is 1. The molecule has 2 N–H and O–H groups in total. The lowest BCUT2D eigenvalue weighted by Gasteiger charge is -2.41. The molecule has 1 atom stereocenters. The third kappa shape index (κ3) is 5.86. The normalized spacial score (nSPS) is 17.6. The number of aromatic amines is 1. The van der Waals surface area contributed by atoms with E-state index >= 15 is 0 Å². The third-order valence-electron chi connectivity index (χ3n) is 8.73. The van der Waals surface area contributed by atoms with Gasteiger partial charge in [-0.25, -0.2) is 14.8 Å². The maximum atomic E-state index is 12.7. The average Bonchev–Trinajstić information content (AvgIpc) is 3.59. The zero-order chi connectivity index (χ0) is 31.5. The van der Waals surface area contributed by atoms with Crippen LogP contribution in [0.1, 0.15) is 62.5 Å². The van der Waals surface area contributed by atoms with Crippen LogP contribution < -0.4 is 0 Å². The van der Waals surface area contributed by atoms with Crippen LogP contribution in [0, 0.1) is 6.92 Å². The van der Waals surface area contributed by atoms with Crippen molar-refractivity contribution in [2.75, 3.05) is 26.3 Å². The molecule has 0 spiro atoms. The summed E-state index contributed by atoms with van der Waals surface area (Å²) in [6, 6.07) is 14.0. The number of nitrogens with one attached hydrogen (secondary N) is 1. The second-order valence-electron chi connectivity index (χ2n) is 13.0. The number of hydrogen-bond donors (Lipinski definition) is 2. The Balaban J connectivity index is 1.31. The standard InChI is InChI=1S/C34H36ClN5O4S/c1-18-15-25-31(27(19-5-7-21(35)8-6-19)26(18)30(33(41)42)44-34(2,3)4)45-32(37-25)24-10-9-23-29(36-24)28(39-38-23)20-11-13-40(14-12-20)22-16-43-17-22/h5-10,15,20,22,30H,11-14,16-17H2,1-4H3,(H,38,39)(H,41,42). The first kappa shape index (κ1) is 30.3. The fraction of sp³-hybridized carbons (Fsp3) is 0.412. The minimum Gasteiger partial charge on any atom is -0.479 e. The molecule has 2 fully saturated rings. The van der Waals surface area contributed by atoms with E-state index in [-0.39, 0.29) is 0 Å². The first-order valence-electron chi connectivity index (χ1n) is 15.3. The van der Waals surface area contributed by atoms with E-state index in [0.29, 0.717) is 22.5 Å². The summed E-state index contributed by atoms with van der Waals surface area (Å²) in [6.45, 7) is 11.3. The minimum atomic E-state index is -1.17. The number of aromatic nitrogens is 4. The molecule has 0 amide bonds. The van der Waals surface area contributed by atoms with E-state index in [4.69, 9.17) is 36.1 Å². The van der Waals surface area contributed by atoms with E-state index in [0.717, 1.165) is 93.5 Å². The van der Waals surface area contributed by atoms with E-state index in [1.54, 1.807) is 0 Å². The van der Waals surface area contributed by atoms with E-state index in [1.165, 1.54) is 11.3 Å². The highest BCUT2D eigenvalue weighted by Crippen LogP contribution is 2.44. The molecule has 7 rings (SSSR count). The predicted molar refractivity (Wildman–Crippen MR) is 177 cm³/mol. The summed E-state index contributed by atoms with van der Waals surface area (Å²) in [5.74, 6) is -0.703. The molecular weight excluding hydrogens is 610 g/mol. The molecule has 0 aliphatic carbocycles. The Hall–Kier alpha value is -3.41. The van der Waals surface area contributed by atoms with Crippen LogP contribution in [-0.4, -0.2) is 74.1 Å². The molecule has 234 valence electrons. The van der Waals surface area contributed by atoms with Crippen molar-refractivity contribution in [2.24, 2.45) is 0 Å². The number of fused-ring (bicyclic) bond motifs is 2. The van der Waals surface area contributed by atoms with Crippen LogP contribution in [0.4, 0.5) is 0 Å². The number of carbonyl (C=O) groups is 1. The number of ether oxygens (including phenoxy) is 2. The van der Waals surface area contributed by atoms with Crippen molar-refractivity contribution in [3.63, 3.8) is 0 Å². The fourth-order valence-electron chi connectivity index (χ4n) is 6.44. The molecule has 0 bridgehead atoms. The topological polar surface area (TPSA) is 113 Å². The summed E-state index contributed by atoms with van der Waals surface area (Å²) in [5, 5.41) is 19.6. The summed E-state index contributed by atoms with van der Waals surface area (Å²) in [7, 11) is 0. The molecule has 2 aromatic carbocycles. The van der Waals surface area contributed by atoms with Gasteiger partial charge in [0.15, 0.2) is 6.10 Å². The molecule has 9 nitrogen and oxygen atoms in total. The maximum Gasteiger partial charge on any atom is 0.337 e. The van der Waals surface area contributed by atoms with Crippen molar-refractivity contribution in [1.82, 2.24) is 25.1 Å². The van der Waals surface area contributed by atoms with E-state index in [9.17, 15) is 9.90 Å². The number of carboxylic acids is 1. The van der Waals surface area contributed by atoms with Gasteiger partial charge >= 0.3 is 5.97 Å². The monoisotopic (exact) mass is 645 g/mol. The largest absolute Gasteiger partial charge is 0.479 e. The van der Waals surface area contributed by atoms with Crippen LogP contribution in [0.25, 0.3) is 43.1 Å². The summed E-state index contributed by atoms with van der Waals surface area (Å²) in [5.41, 5.74) is 6.72. The van der Waals surface area contributed by atoms with Gasteiger partial charge in [0, 0.05) is 22.1 Å². The Morgan fingerprint density at radius 3 is 2.51 bits per heavy atom. The molecule has 11 heteroatoms. The number of likely N-dealkylation sites (tertiary alicyclic amines) is 1. The molecular formula is C34H36ClN5O4S. The quantitative estimate of drug-likeness (QED) is 0.188. The number of aryl methyl sites for hydroxylation is 1. The van der Waals surface area contributed by atoms with Crippen LogP contribution in [-0.2, 0) is 14.3 Å². The smallest absolute Gasteiger partial charge is 0.337 e. The predicted octanol–water partition coefficient (Wildman–Crippen LogP) is 7.38. The molecule has 5 aromatic rings. The Bertz CT molecular complexity index is 1880. The van der Waals surface area contributed by atoms with Crippen molar-refractivity contribution >= 4 is 50.2 Å². The number of piperidine rings is 1. The minimum absolute atomic E-state index is 0.339. The number of benzene rings is 2. The van der Waals surface area contributed by atoms with Crippen LogP contribution in [0.15, 0.2) is 42.5 Å². The van der Waals surface area contributed by atoms with E-state index in [2.05, 4.69) is 10.00 Å². The van der Waals surface area contributed by atoms with Gasteiger partial charge in [-0.1, -0.05) is 23.7 Å². The SMILES string of the molecule is Cc1cc2nc(-c3ccc4[nH]nc(C5CCN(C6COC6)CC5)c4n3)sc2c(-c2ccc(Cl)cc2)c1C(OC(C)(C)C)C(=O)O. The zero-order valence-corrected chi connectivity index (χ0v) is 27.3. The van der Waals surface area contributed by atoms with Gasteiger partial charge in [0.2, 0.25) is 0 Å². The van der Waals surface area contributed by atoms with Gasteiger partial charge in [-0.3, -0.25) is 10.00 Å². The number of aliphatic carboxylic acids is 1. The second kappa shape index (κ2) is 11.7. The van der Waals surface area contributed by atoms with Gasteiger partial charge < -0.3 is 14.6 Å². The highest BCUT2D eigenvalue weighted by atomic mass is 35.5. The first-order valence-corrected chi connectivity index (χ1v) is 16.5. The van der Waals surface area contributed by atoms with Crippen LogP contribution in [0.5, 0.6) is 0 Å².